The second kappa shape index (κ2) is 6.81. The van der Waals surface area contributed by atoms with E-state index in [4.69, 9.17) is 4.74 Å². The summed E-state index contributed by atoms with van der Waals surface area (Å²) in [7, 11) is 0. The second-order valence-electron chi connectivity index (χ2n) is 3.87. The maximum Gasteiger partial charge on any atom is 0.330 e. The van der Waals surface area contributed by atoms with Gasteiger partial charge in [-0.1, -0.05) is 48.7 Å². The summed E-state index contributed by atoms with van der Waals surface area (Å²) >= 11 is 1.70. The van der Waals surface area contributed by atoms with Crippen molar-refractivity contribution in [2.45, 2.75) is 16.4 Å². The summed E-state index contributed by atoms with van der Waals surface area (Å²) < 4.78 is 4.97. The Hall–Kier alpha value is -2.00. The van der Waals surface area contributed by atoms with Crippen molar-refractivity contribution >= 4 is 17.7 Å². The molecule has 0 saturated carbocycles. The normalized spacial score (nSPS) is 9.89. The molecule has 2 rings (SSSR count). The van der Waals surface area contributed by atoms with Crippen molar-refractivity contribution in [2.24, 2.45) is 0 Å². The van der Waals surface area contributed by atoms with Gasteiger partial charge < -0.3 is 4.74 Å². The Morgan fingerprint density at radius 3 is 2.32 bits per heavy atom. The Kier molecular flexibility index (Phi) is 4.81. The number of rotatable bonds is 5. The Morgan fingerprint density at radius 2 is 1.68 bits per heavy atom. The molecule has 0 unspecified atom stereocenters. The molecule has 0 spiro atoms. The van der Waals surface area contributed by atoms with E-state index in [1.54, 1.807) is 11.8 Å². The minimum Gasteiger partial charge on any atom is -0.458 e. The van der Waals surface area contributed by atoms with Gasteiger partial charge in [-0.15, -0.1) is 0 Å². The van der Waals surface area contributed by atoms with Crippen LogP contribution < -0.4 is 0 Å². The summed E-state index contributed by atoms with van der Waals surface area (Å²) in [6, 6.07) is 18.2. The maximum atomic E-state index is 10.9. The molecule has 0 aromatic heterocycles. The van der Waals surface area contributed by atoms with E-state index in [0.717, 1.165) is 10.5 Å². The molecule has 3 heteroatoms. The SMILES string of the molecule is C=CC(=O)OCc1ccc(Sc2ccccc2)cc1. The van der Waals surface area contributed by atoms with Crippen LogP contribution in [0.5, 0.6) is 0 Å². The largest absolute Gasteiger partial charge is 0.458 e. The van der Waals surface area contributed by atoms with Crippen molar-refractivity contribution in [2.75, 3.05) is 0 Å². The predicted octanol–water partition coefficient (Wildman–Crippen LogP) is 4.07. The first-order valence-electron chi connectivity index (χ1n) is 5.89. The van der Waals surface area contributed by atoms with Crippen LogP contribution in [0.2, 0.25) is 0 Å². The van der Waals surface area contributed by atoms with Gasteiger partial charge >= 0.3 is 5.97 Å². The Bertz CT molecular complexity index is 547. The molecule has 0 heterocycles. The highest BCUT2D eigenvalue weighted by Crippen LogP contribution is 2.27. The summed E-state index contributed by atoms with van der Waals surface area (Å²) in [5, 5.41) is 0. The quantitative estimate of drug-likeness (QED) is 0.605. The third-order valence-corrected chi connectivity index (χ3v) is 3.47. The molecule has 0 atom stereocenters. The van der Waals surface area contributed by atoms with Crippen LogP contribution in [0.15, 0.2) is 77.0 Å². The lowest BCUT2D eigenvalue weighted by Gasteiger charge is -2.04. The van der Waals surface area contributed by atoms with E-state index in [-0.39, 0.29) is 6.61 Å². The summed E-state index contributed by atoms with van der Waals surface area (Å²) in [6.45, 7) is 3.63. The monoisotopic (exact) mass is 270 g/mol. The number of hydrogen-bond acceptors (Lipinski definition) is 3. The Balaban J connectivity index is 1.95. The topological polar surface area (TPSA) is 26.3 Å². The average molecular weight is 270 g/mol. The van der Waals surface area contributed by atoms with Crippen molar-refractivity contribution in [1.29, 1.82) is 0 Å². The van der Waals surface area contributed by atoms with Gasteiger partial charge in [0.15, 0.2) is 0 Å². The van der Waals surface area contributed by atoms with Crippen molar-refractivity contribution in [3.63, 3.8) is 0 Å². The third-order valence-electron chi connectivity index (χ3n) is 2.45. The zero-order valence-corrected chi connectivity index (χ0v) is 11.2. The number of ether oxygens (including phenoxy) is 1. The summed E-state index contributed by atoms with van der Waals surface area (Å²) in [4.78, 5) is 13.3. The van der Waals surface area contributed by atoms with E-state index in [0.29, 0.717) is 0 Å². The first-order valence-corrected chi connectivity index (χ1v) is 6.70. The Labute approximate surface area is 117 Å². The lowest BCUT2D eigenvalue weighted by atomic mass is 10.2. The molecule has 96 valence electrons. The number of esters is 1. The van der Waals surface area contributed by atoms with Gasteiger partial charge in [-0.25, -0.2) is 4.79 Å². The summed E-state index contributed by atoms with van der Waals surface area (Å²) in [6.07, 6.45) is 1.17. The van der Waals surface area contributed by atoms with Crippen molar-refractivity contribution in [1.82, 2.24) is 0 Å². The van der Waals surface area contributed by atoms with Gasteiger partial charge in [0.2, 0.25) is 0 Å². The van der Waals surface area contributed by atoms with E-state index in [1.165, 1.54) is 11.0 Å². The lowest BCUT2D eigenvalue weighted by molar-refractivity contribution is -0.138. The standard InChI is InChI=1S/C16H14O2S/c1-2-16(17)18-12-13-8-10-15(11-9-13)19-14-6-4-3-5-7-14/h2-11H,1,12H2. The van der Waals surface area contributed by atoms with E-state index in [2.05, 4.69) is 18.7 Å². The van der Waals surface area contributed by atoms with Crippen LogP contribution in [0.3, 0.4) is 0 Å². The Morgan fingerprint density at radius 1 is 1.05 bits per heavy atom. The maximum absolute atomic E-state index is 10.9. The molecule has 0 N–H and O–H groups in total. The number of hydrogen-bond donors (Lipinski definition) is 0. The number of benzene rings is 2. The predicted molar refractivity (Wildman–Crippen MR) is 77.0 cm³/mol. The zero-order chi connectivity index (χ0) is 13.5. The first-order chi connectivity index (χ1) is 9.28. The fourth-order valence-corrected chi connectivity index (χ4v) is 2.33. The van der Waals surface area contributed by atoms with Gasteiger partial charge in [0.25, 0.3) is 0 Å². The molecular weight excluding hydrogens is 256 g/mol. The van der Waals surface area contributed by atoms with E-state index >= 15 is 0 Å². The van der Waals surface area contributed by atoms with Gasteiger partial charge in [-0.2, -0.15) is 0 Å². The molecule has 0 amide bonds. The molecule has 0 fully saturated rings. The smallest absolute Gasteiger partial charge is 0.330 e. The third kappa shape index (κ3) is 4.30. The lowest BCUT2D eigenvalue weighted by Crippen LogP contribution is -1.99. The van der Waals surface area contributed by atoms with Crippen molar-refractivity contribution in [3.05, 3.63) is 72.8 Å². The molecule has 2 aromatic rings. The fourth-order valence-electron chi connectivity index (χ4n) is 1.49. The molecule has 0 bridgehead atoms. The second-order valence-corrected chi connectivity index (χ2v) is 5.02. The highest BCUT2D eigenvalue weighted by Gasteiger charge is 2.00. The van der Waals surface area contributed by atoms with Crippen LogP contribution in [0.25, 0.3) is 0 Å². The molecular formula is C16H14O2S. The van der Waals surface area contributed by atoms with E-state index in [1.807, 2.05) is 42.5 Å². The van der Waals surface area contributed by atoms with Crippen LogP contribution in [0.1, 0.15) is 5.56 Å². The summed E-state index contributed by atoms with van der Waals surface area (Å²) in [5.74, 6) is -0.400. The highest BCUT2D eigenvalue weighted by atomic mass is 32.2. The van der Waals surface area contributed by atoms with Crippen LogP contribution in [0, 0.1) is 0 Å². The molecule has 0 saturated heterocycles. The minimum absolute atomic E-state index is 0.279. The molecule has 19 heavy (non-hydrogen) atoms. The average Bonchev–Trinajstić information content (AvgIpc) is 2.47. The van der Waals surface area contributed by atoms with Gasteiger partial charge in [0.05, 0.1) is 0 Å². The number of carbonyl (C=O) groups excluding carboxylic acids is 1. The van der Waals surface area contributed by atoms with Crippen molar-refractivity contribution in [3.8, 4) is 0 Å². The molecule has 0 aliphatic rings. The summed E-state index contributed by atoms with van der Waals surface area (Å²) in [5.41, 5.74) is 0.965. The van der Waals surface area contributed by atoms with Gasteiger partial charge in [-0.3, -0.25) is 0 Å². The van der Waals surface area contributed by atoms with E-state index in [9.17, 15) is 4.79 Å². The molecule has 0 radical (unpaired) electrons. The van der Waals surface area contributed by atoms with E-state index < -0.39 is 5.97 Å². The number of carbonyl (C=O) groups is 1. The van der Waals surface area contributed by atoms with Gasteiger partial charge in [-0.05, 0) is 29.8 Å². The molecule has 0 aliphatic heterocycles. The van der Waals surface area contributed by atoms with Crippen LogP contribution in [-0.2, 0) is 16.1 Å². The minimum atomic E-state index is -0.400. The molecule has 2 aromatic carbocycles. The van der Waals surface area contributed by atoms with Gasteiger partial charge in [0, 0.05) is 15.9 Å². The van der Waals surface area contributed by atoms with Crippen LogP contribution in [0.4, 0.5) is 0 Å². The highest BCUT2D eigenvalue weighted by molar-refractivity contribution is 7.99. The van der Waals surface area contributed by atoms with Crippen molar-refractivity contribution < 1.29 is 9.53 Å². The van der Waals surface area contributed by atoms with Gasteiger partial charge in [0.1, 0.15) is 6.61 Å². The first kappa shape index (κ1) is 13.4. The zero-order valence-electron chi connectivity index (χ0n) is 10.4. The van der Waals surface area contributed by atoms with Crippen LogP contribution >= 0.6 is 11.8 Å². The van der Waals surface area contributed by atoms with Crippen LogP contribution in [-0.4, -0.2) is 5.97 Å². The molecule has 2 nitrogen and oxygen atoms in total. The fraction of sp³-hybridized carbons (Fsp3) is 0.0625. The molecule has 0 aliphatic carbocycles.